The van der Waals surface area contributed by atoms with Crippen LogP contribution < -0.4 is 5.32 Å². The summed E-state index contributed by atoms with van der Waals surface area (Å²) in [6.07, 6.45) is 3.98. The molecule has 0 bridgehead atoms. The first kappa shape index (κ1) is 18.5. The topological polar surface area (TPSA) is 58.1 Å². The maximum atomic E-state index is 12.7. The fraction of sp³-hybridized carbons (Fsp3) is 0.476. The molecule has 138 valence electrons. The number of hydrogen-bond donors (Lipinski definition) is 1. The van der Waals surface area contributed by atoms with E-state index in [1.807, 2.05) is 50.2 Å². The van der Waals surface area contributed by atoms with Gasteiger partial charge in [0.05, 0.1) is 0 Å². The Labute approximate surface area is 155 Å². The van der Waals surface area contributed by atoms with Gasteiger partial charge in [-0.1, -0.05) is 29.8 Å². The highest BCUT2D eigenvalue weighted by atomic mass is 16.2. The number of carbonyl (C=O) groups excluding carboxylic acids is 1. The van der Waals surface area contributed by atoms with Crippen LogP contribution in [-0.4, -0.2) is 41.4 Å². The minimum Gasteiger partial charge on any atom is -0.354 e. The Hall–Kier alpha value is -2.27. The van der Waals surface area contributed by atoms with Crippen molar-refractivity contribution in [3.05, 3.63) is 58.2 Å². The predicted octanol–water partition coefficient (Wildman–Crippen LogP) is 2.54. The molecule has 5 nitrogen and oxygen atoms in total. The number of rotatable bonds is 6. The Morgan fingerprint density at radius 3 is 2.58 bits per heavy atom. The molecule has 3 rings (SSSR count). The van der Waals surface area contributed by atoms with Gasteiger partial charge in [-0.25, -0.2) is 9.97 Å². The van der Waals surface area contributed by atoms with Crippen LogP contribution in [0.25, 0.3) is 0 Å². The molecule has 0 saturated heterocycles. The normalized spacial score (nSPS) is 14.3. The van der Waals surface area contributed by atoms with E-state index in [-0.39, 0.29) is 11.9 Å². The summed E-state index contributed by atoms with van der Waals surface area (Å²) in [5.41, 5.74) is 5.81. The van der Waals surface area contributed by atoms with E-state index in [0.717, 1.165) is 29.9 Å². The molecule has 1 aliphatic carbocycles. The molecule has 1 aromatic heterocycles. The van der Waals surface area contributed by atoms with Gasteiger partial charge in [-0.15, -0.1) is 0 Å². The number of aromatic nitrogens is 2. The second-order valence-corrected chi connectivity index (χ2v) is 7.32. The molecule has 1 amide bonds. The van der Waals surface area contributed by atoms with E-state index in [4.69, 9.17) is 0 Å². The molecule has 1 heterocycles. The van der Waals surface area contributed by atoms with Crippen molar-refractivity contribution in [3.8, 4) is 0 Å². The molecule has 26 heavy (non-hydrogen) atoms. The van der Waals surface area contributed by atoms with Gasteiger partial charge in [-0.05, 0) is 58.3 Å². The van der Waals surface area contributed by atoms with Crippen LogP contribution in [0.15, 0.2) is 24.3 Å². The summed E-state index contributed by atoms with van der Waals surface area (Å²) in [5.74, 6) is 0.844. The van der Waals surface area contributed by atoms with Crippen molar-refractivity contribution in [2.24, 2.45) is 0 Å². The zero-order valence-corrected chi connectivity index (χ0v) is 16.2. The minimum absolute atomic E-state index is 0.0109. The van der Waals surface area contributed by atoms with Crippen LogP contribution in [0.1, 0.15) is 46.4 Å². The van der Waals surface area contributed by atoms with E-state index < -0.39 is 0 Å². The third kappa shape index (κ3) is 4.10. The maximum absolute atomic E-state index is 12.7. The van der Waals surface area contributed by atoms with Gasteiger partial charge in [0, 0.05) is 24.4 Å². The van der Waals surface area contributed by atoms with Crippen molar-refractivity contribution >= 4 is 5.91 Å². The average molecular weight is 352 g/mol. The van der Waals surface area contributed by atoms with E-state index in [0.29, 0.717) is 13.0 Å². The quantitative estimate of drug-likeness (QED) is 0.868. The van der Waals surface area contributed by atoms with Crippen molar-refractivity contribution in [3.63, 3.8) is 0 Å². The second kappa shape index (κ2) is 7.96. The Balaban J connectivity index is 1.62. The number of amides is 1. The van der Waals surface area contributed by atoms with E-state index in [2.05, 4.69) is 22.2 Å². The monoisotopic (exact) mass is 352 g/mol. The molecular weight excluding hydrogens is 324 g/mol. The number of likely N-dealkylation sites (N-methyl/N-ethyl adjacent to an activating group) is 1. The van der Waals surface area contributed by atoms with Crippen LogP contribution in [0.5, 0.6) is 0 Å². The first-order valence-corrected chi connectivity index (χ1v) is 9.31. The third-order valence-electron chi connectivity index (χ3n) is 4.99. The number of nitrogens with zero attached hydrogens (tertiary/aromatic N) is 3. The van der Waals surface area contributed by atoms with Gasteiger partial charge in [0.2, 0.25) is 5.91 Å². The lowest BCUT2D eigenvalue weighted by molar-refractivity contribution is -0.125. The Morgan fingerprint density at radius 2 is 1.88 bits per heavy atom. The molecule has 1 unspecified atom stereocenters. The van der Waals surface area contributed by atoms with Gasteiger partial charge in [-0.2, -0.15) is 0 Å². The van der Waals surface area contributed by atoms with Gasteiger partial charge >= 0.3 is 0 Å². The van der Waals surface area contributed by atoms with Crippen molar-refractivity contribution in [1.29, 1.82) is 0 Å². The van der Waals surface area contributed by atoms with Gasteiger partial charge in [0.1, 0.15) is 11.9 Å². The molecule has 1 aromatic carbocycles. The Morgan fingerprint density at radius 1 is 1.15 bits per heavy atom. The lowest BCUT2D eigenvalue weighted by Gasteiger charge is -2.24. The smallest absolute Gasteiger partial charge is 0.241 e. The van der Waals surface area contributed by atoms with Crippen molar-refractivity contribution < 1.29 is 4.79 Å². The summed E-state index contributed by atoms with van der Waals surface area (Å²) in [4.78, 5) is 24.0. The molecule has 0 saturated carbocycles. The molecule has 1 N–H and O–H groups in total. The lowest BCUT2D eigenvalue weighted by Crippen LogP contribution is -2.38. The van der Waals surface area contributed by atoms with Crippen molar-refractivity contribution in [2.45, 2.75) is 45.6 Å². The van der Waals surface area contributed by atoms with E-state index in [1.54, 1.807) is 0 Å². The van der Waals surface area contributed by atoms with E-state index in [1.165, 1.54) is 23.2 Å². The molecule has 5 heteroatoms. The molecular formula is C21H28N4O. The zero-order valence-electron chi connectivity index (χ0n) is 16.2. The third-order valence-corrected chi connectivity index (χ3v) is 4.99. The van der Waals surface area contributed by atoms with Crippen LogP contribution in [0.4, 0.5) is 0 Å². The highest BCUT2D eigenvalue weighted by Crippen LogP contribution is 2.22. The van der Waals surface area contributed by atoms with Crippen molar-refractivity contribution in [2.75, 3.05) is 20.6 Å². The Kier molecular flexibility index (Phi) is 5.67. The largest absolute Gasteiger partial charge is 0.354 e. The summed E-state index contributed by atoms with van der Waals surface area (Å²) in [6, 6.07) is 7.83. The zero-order chi connectivity index (χ0) is 18.7. The standard InChI is InChI=1S/C21H28N4O/c1-14-8-10-16(11-9-14)20(25(3)4)21(26)22-13-12-19-23-15(2)17-6-5-7-18(17)24-19/h8-11,20H,5-7,12-13H2,1-4H3,(H,22,26). The van der Waals surface area contributed by atoms with Gasteiger partial charge in [0.25, 0.3) is 0 Å². The summed E-state index contributed by atoms with van der Waals surface area (Å²) in [7, 11) is 3.86. The van der Waals surface area contributed by atoms with Crippen LogP contribution in [0, 0.1) is 13.8 Å². The highest BCUT2D eigenvalue weighted by Gasteiger charge is 2.22. The average Bonchev–Trinajstić information content (AvgIpc) is 3.06. The molecule has 0 fully saturated rings. The SMILES string of the molecule is Cc1ccc(C(C(=O)NCCc2nc(C)c3c(n2)CCC3)N(C)C)cc1. The molecule has 0 aliphatic heterocycles. The predicted molar refractivity (Wildman–Crippen MR) is 103 cm³/mol. The van der Waals surface area contributed by atoms with Gasteiger partial charge in [0.15, 0.2) is 0 Å². The van der Waals surface area contributed by atoms with Crippen LogP contribution in [0.2, 0.25) is 0 Å². The molecule has 1 atom stereocenters. The van der Waals surface area contributed by atoms with Crippen LogP contribution in [-0.2, 0) is 24.1 Å². The summed E-state index contributed by atoms with van der Waals surface area (Å²) in [5, 5.41) is 3.05. The van der Waals surface area contributed by atoms with Crippen LogP contribution >= 0.6 is 0 Å². The summed E-state index contributed by atoms with van der Waals surface area (Å²) >= 11 is 0. The highest BCUT2D eigenvalue weighted by molar-refractivity contribution is 5.83. The number of fused-ring (bicyclic) bond motifs is 1. The number of benzene rings is 1. The molecule has 0 spiro atoms. The second-order valence-electron chi connectivity index (χ2n) is 7.32. The lowest BCUT2D eigenvalue weighted by atomic mass is 10.0. The maximum Gasteiger partial charge on any atom is 0.241 e. The fourth-order valence-corrected chi connectivity index (χ4v) is 3.62. The fourth-order valence-electron chi connectivity index (χ4n) is 3.62. The van der Waals surface area contributed by atoms with Gasteiger partial charge < -0.3 is 5.32 Å². The minimum atomic E-state index is -0.293. The number of nitrogens with one attached hydrogen (secondary N) is 1. The first-order valence-electron chi connectivity index (χ1n) is 9.31. The molecule has 1 aliphatic rings. The van der Waals surface area contributed by atoms with Crippen LogP contribution in [0.3, 0.4) is 0 Å². The van der Waals surface area contributed by atoms with Crippen molar-refractivity contribution in [1.82, 2.24) is 20.2 Å². The molecule has 0 radical (unpaired) electrons. The summed E-state index contributed by atoms with van der Waals surface area (Å²) in [6.45, 7) is 4.66. The Bertz CT molecular complexity index is 783. The van der Waals surface area contributed by atoms with Gasteiger partial charge in [-0.3, -0.25) is 9.69 Å². The number of aryl methyl sites for hydroxylation is 3. The number of carbonyl (C=O) groups is 1. The summed E-state index contributed by atoms with van der Waals surface area (Å²) < 4.78 is 0. The van der Waals surface area contributed by atoms with E-state index >= 15 is 0 Å². The molecule has 2 aromatic rings. The number of hydrogen-bond acceptors (Lipinski definition) is 4. The van der Waals surface area contributed by atoms with E-state index in [9.17, 15) is 4.79 Å². The first-order chi connectivity index (χ1) is 12.5.